The fraction of sp³-hybridized carbons (Fsp3) is 0.500. The van der Waals surface area contributed by atoms with E-state index in [0.717, 1.165) is 13.0 Å². The molecule has 2 N–H and O–H groups in total. The number of aromatic nitrogens is 1. The standard InChI is InChI=1S/C12H17N3O2/c1-9-8-15(5-2-6-17-9)12(16)11-4-3-10(13)7-14-11/h3-4,7,9H,2,5-6,8,13H2,1H3. The number of rotatable bonds is 1. The van der Waals surface area contributed by atoms with E-state index in [1.807, 2.05) is 6.92 Å². The van der Waals surface area contributed by atoms with Gasteiger partial charge in [-0.25, -0.2) is 4.98 Å². The predicted octanol–water partition coefficient (Wildman–Crippen LogP) is 0.915. The summed E-state index contributed by atoms with van der Waals surface area (Å²) in [6.45, 7) is 4.02. The lowest BCUT2D eigenvalue weighted by molar-refractivity contribution is 0.0559. The van der Waals surface area contributed by atoms with Crippen LogP contribution < -0.4 is 5.73 Å². The van der Waals surface area contributed by atoms with Crippen molar-refractivity contribution in [2.75, 3.05) is 25.4 Å². The summed E-state index contributed by atoms with van der Waals surface area (Å²) in [5.74, 6) is -0.0534. The zero-order valence-corrected chi connectivity index (χ0v) is 9.93. The van der Waals surface area contributed by atoms with Crippen LogP contribution in [0, 0.1) is 0 Å². The lowest BCUT2D eigenvalue weighted by Crippen LogP contribution is -2.36. The molecule has 0 aromatic carbocycles. The maximum atomic E-state index is 12.2. The highest BCUT2D eigenvalue weighted by Gasteiger charge is 2.21. The summed E-state index contributed by atoms with van der Waals surface area (Å²) in [5, 5.41) is 0. The summed E-state index contributed by atoms with van der Waals surface area (Å²) in [7, 11) is 0. The van der Waals surface area contributed by atoms with Gasteiger partial charge in [-0.15, -0.1) is 0 Å². The van der Waals surface area contributed by atoms with Crippen molar-refractivity contribution < 1.29 is 9.53 Å². The van der Waals surface area contributed by atoms with Crippen LogP contribution in [0.1, 0.15) is 23.8 Å². The molecule has 1 aromatic heterocycles. The average molecular weight is 235 g/mol. The Labute approximate surface area is 101 Å². The first-order valence-electron chi connectivity index (χ1n) is 5.79. The number of hydrogen-bond acceptors (Lipinski definition) is 4. The lowest BCUT2D eigenvalue weighted by atomic mass is 10.2. The van der Waals surface area contributed by atoms with Crippen molar-refractivity contribution in [1.82, 2.24) is 9.88 Å². The van der Waals surface area contributed by atoms with E-state index >= 15 is 0 Å². The topological polar surface area (TPSA) is 68.5 Å². The van der Waals surface area contributed by atoms with Crippen LogP contribution in [-0.4, -0.2) is 41.6 Å². The lowest BCUT2D eigenvalue weighted by Gasteiger charge is -2.21. The first kappa shape index (κ1) is 11.9. The number of nitrogen functional groups attached to an aromatic ring is 1. The second kappa shape index (κ2) is 5.14. The molecule has 1 amide bonds. The second-order valence-corrected chi connectivity index (χ2v) is 4.26. The van der Waals surface area contributed by atoms with Crippen molar-refractivity contribution in [3.63, 3.8) is 0 Å². The van der Waals surface area contributed by atoms with Gasteiger partial charge < -0.3 is 15.4 Å². The molecular weight excluding hydrogens is 218 g/mol. The molecule has 0 spiro atoms. The SMILES string of the molecule is CC1CN(C(=O)c2ccc(N)cn2)CCCO1. The molecule has 1 aliphatic heterocycles. The third-order valence-electron chi connectivity index (χ3n) is 2.74. The fourth-order valence-electron chi connectivity index (χ4n) is 1.87. The third-order valence-corrected chi connectivity index (χ3v) is 2.74. The number of hydrogen-bond donors (Lipinski definition) is 1. The van der Waals surface area contributed by atoms with Crippen LogP contribution in [0.3, 0.4) is 0 Å². The molecule has 2 heterocycles. The number of carbonyl (C=O) groups is 1. The summed E-state index contributed by atoms with van der Waals surface area (Å²) >= 11 is 0. The zero-order valence-electron chi connectivity index (χ0n) is 9.93. The second-order valence-electron chi connectivity index (χ2n) is 4.26. The number of nitrogens with two attached hydrogens (primary N) is 1. The molecular formula is C12H17N3O2. The summed E-state index contributed by atoms with van der Waals surface area (Å²) < 4.78 is 5.50. The Morgan fingerprint density at radius 3 is 3.12 bits per heavy atom. The first-order valence-corrected chi connectivity index (χ1v) is 5.79. The fourth-order valence-corrected chi connectivity index (χ4v) is 1.87. The van der Waals surface area contributed by atoms with Crippen LogP contribution >= 0.6 is 0 Å². The molecule has 0 aliphatic carbocycles. The number of pyridine rings is 1. The van der Waals surface area contributed by atoms with Gasteiger partial charge >= 0.3 is 0 Å². The molecule has 1 aliphatic rings. The van der Waals surface area contributed by atoms with E-state index in [4.69, 9.17) is 10.5 Å². The van der Waals surface area contributed by atoms with E-state index < -0.39 is 0 Å². The van der Waals surface area contributed by atoms with Crippen molar-refractivity contribution in [2.24, 2.45) is 0 Å². The summed E-state index contributed by atoms with van der Waals surface area (Å²) in [5.41, 5.74) is 6.55. The molecule has 1 atom stereocenters. The molecule has 5 nitrogen and oxygen atoms in total. The van der Waals surface area contributed by atoms with Crippen LogP contribution in [0.4, 0.5) is 5.69 Å². The van der Waals surface area contributed by atoms with E-state index in [1.165, 1.54) is 6.20 Å². The van der Waals surface area contributed by atoms with Crippen LogP contribution in [0.2, 0.25) is 0 Å². The van der Waals surface area contributed by atoms with Crippen molar-refractivity contribution in [2.45, 2.75) is 19.4 Å². The molecule has 1 unspecified atom stereocenters. The summed E-state index contributed by atoms with van der Waals surface area (Å²) in [6, 6.07) is 3.35. The molecule has 0 bridgehead atoms. The van der Waals surface area contributed by atoms with Gasteiger partial charge in [-0.1, -0.05) is 0 Å². The highest BCUT2D eigenvalue weighted by Crippen LogP contribution is 2.10. The molecule has 92 valence electrons. The van der Waals surface area contributed by atoms with Gasteiger partial charge in [-0.05, 0) is 25.5 Å². The van der Waals surface area contributed by atoms with E-state index in [2.05, 4.69) is 4.98 Å². The summed E-state index contributed by atoms with van der Waals surface area (Å²) in [4.78, 5) is 18.0. The largest absolute Gasteiger partial charge is 0.397 e. The van der Waals surface area contributed by atoms with Crippen LogP contribution in [-0.2, 0) is 4.74 Å². The molecule has 1 aromatic rings. The molecule has 1 fully saturated rings. The Hall–Kier alpha value is -1.62. The number of anilines is 1. The quantitative estimate of drug-likeness (QED) is 0.785. The van der Waals surface area contributed by atoms with Crippen LogP contribution in [0.5, 0.6) is 0 Å². The first-order chi connectivity index (χ1) is 8.16. The van der Waals surface area contributed by atoms with Gasteiger partial charge in [0.15, 0.2) is 0 Å². The van der Waals surface area contributed by atoms with Gasteiger partial charge in [0, 0.05) is 19.7 Å². The van der Waals surface area contributed by atoms with Gasteiger partial charge in [-0.2, -0.15) is 0 Å². The van der Waals surface area contributed by atoms with E-state index in [1.54, 1.807) is 17.0 Å². The third kappa shape index (κ3) is 2.94. The highest BCUT2D eigenvalue weighted by molar-refractivity contribution is 5.92. The Bertz CT molecular complexity index is 391. The van der Waals surface area contributed by atoms with E-state index in [0.29, 0.717) is 24.5 Å². The minimum absolute atomic E-state index is 0.0534. The molecule has 17 heavy (non-hydrogen) atoms. The van der Waals surface area contributed by atoms with Crippen molar-refractivity contribution in [3.8, 4) is 0 Å². The van der Waals surface area contributed by atoms with Gasteiger partial charge in [0.05, 0.1) is 18.0 Å². The van der Waals surface area contributed by atoms with Gasteiger partial charge in [-0.3, -0.25) is 4.79 Å². The number of carbonyl (C=O) groups excluding carboxylic acids is 1. The smallest absolute Gasteiger partial charge is 0.272 e. The maximum Gasteiger partial charge on any atom is 0.272 e. The number of nitrogens with zero attached hydrogens (tertiary/aromatic N) is 2. The van der Waals surface area contributed by atoms with Gasteiger partial charge in [0.25, 0.3) is 5.91 Å². The Morgan fingerprint density at radius 2 is 2.41 bits per heavy atom. The maximum absolute atomic E-state index is 12.2. The summed E-state index contributed by atoms with van der Waals surface area (Å²) in [6.07, 6.45) is 2.45. The number of ether oxygens (including phenoxy) is 1. The molecule has 0 saturated carbocycles. The van der Waals surface area contributed by atoms with Crippen LogP contribution in [0.25, 0.3) is 0 Å². The minimum Gasteiger partial charge on any atom is -0.397 e. The monoisotopic (exact) mass is 235 g/mol. The molecule has 2 rings (SSSR count). The van der Waals surface area contributed by atoms with Crippen LogP contribution in [0.15, 0.2) is 18.3 Å². The molecule has 5 heteroatoms. The Morgan fingerprint density at radius 1 is 1.59 bits per heavy atom. The minimum atomic E-state index is -0.0534. The normalized spacial score (nSPS) is 21.0. The van der Waals surface area contributed by atoms with E-state index in [9.17, 15) is 4.79 Å². The Balaban J connectivity index is 2.10. The zero-order chi connectivity index (χ0) is 12.3. The Kier molecular flexibility index (Phi) is 3.58. The van der Waals surface area contributed by atoms with E-state index in [-0.39, 0.29) is 12.0 Å². The van der Waals surface area contributed by atoms with Crippen molar-refractivity contribution in [1.29, 1.82) is 0 Å². The van der Waals surface area contributed by atoms with Gasteiger partial charge in [0.2, 0.25) is 0 Å². The average Bonchev–Trinajstić information content (AvgIpc) is 2.54. The highest BCUT2D eigenvalue weighted by atomic mass is 16.5. The predicted molar refractivity (Wildman–Crippen MR) is 64.6 cm³/mol. The number of amides is 1. The molecule has 0 radical (unpaired) electrons. The molecule has 1 saturated heterocycles. The van der Waals surface area contributed by atoms with Crippen molar-refractivity contribution in [3.05, 3.63) is 24.0 Å². The van der Waals surface area contributed by atoms with Crippen molar-refractivity contribution >= 4 is 11.6 Å². The van der Waals surface area contributed by atoms with Gasteiger partial charge in [0.1, 0.15) is 5.69 Å².